The lowest BCUT2D eigenvalue weighted by Crippen LogP contribution is -1.74. The van der Waals surface area contributed by atoms with Gasteiger partial charge in [0.25, 0.3) is 0 Å². The summed E-state index contributed by atoms with van der Waals surface area (Å²) in [6, 6.07) is 5.59. The molecule has 0 aromatic heterocycles. The monoisotopic (exact) mass is 167 g/mol. The van der Waals surface area contributed by atoms with Crippen LogP contribution in [-0.4, -0.2) is 6.26 Å². The van der Waals surface area contributed by atoms with E-state index < -0.39 is 0 Å². The molecule has 58 valence electrons. The van der Waals surface area contributed by atoms with E-state index in [1.54, 1.807) is 17.8 Å². The molecular formula is C8H9NOS. The van der Waals surface area contributed by atoms with Crippen LogP contribution in [0.1, 0.15) is 5.56 Å². The van der Waals surface area contributed by atoms with Gasteiger partial charge in [-0.2, -0.15) is 0 Å². The molecule has 0 aliphatic rings. The van der Waals surface area contributed by atoms with Gasteiger partial charge in [-0.3, -0.25) is 0 Å². The molecule has 0 aliphatic carbocycles. The van der Waals surface area contributed by atoms with Crippen LogP contribution in [0.3, 0.4) is 0 Å². The molecule has 0 N–H and O–H groups in total. The molecule has 0 fully saturated rings. The first kappa shape index (κ1) is 8.27. The molecule has 0 atom stereocenters. The Labute approximate surface area is 70.0 Å². The normalized spacial score (nSPS) is 9.64. The molecule has 0 spiro atoms. The van der Waals surface area contributed by atoms with E-state index in [4.69, 9.17) is 0 Å². The van der Waals surface area contributed by atoms with Gasteiger partial charge in [-0.15, -0.1) is 16.7 Å². The molecule has 1 aromatic carbocycles. The maximum Gasteiger partial charge on any atom is 0.121 e. The largest absolute Gasteiger partial charge is 0.145 e. The van der Waals surface area contributed by atoms with Gasteiger partial charge in [-0.1, -0.05) is 6.07 Å². The van der Waals surface area contributed by atoms with Gasteiger partial charge in [0.05, 0.1) is 0 Å². The van der Waals surface area contributed by atoms with E-state index >= 15 is 0 Å². The second-order valence-corrected chi connectivity index (χ2v) is 3.11. The Morgan fingerprint density at radius 1 is 1.45 bits per heavy atom. The van der Waals surface area contributed by atoms with E-state index in [0.717, 1.165) is 10.5 Å². The summed E-state index contributed by atoms with van der Waals surface area (Å²) in [7, 11) is 0. The van der Waals surface area contributed by atoms with Crippen molar-refractivity contribution in [1.82, 2.24) is 0 Å². The van der Waals surface area contributed by atoms with Gasteiger partial charge in [0.2, 0.25) is 0 Å². The number of hydrogen-bond donors (Lipinski definition) is 0. The lowest BCUT2D eigenvalue weighted by molar-refractivity contribution is 1.31. The fourth-order valence-electron chi connectivity index (χ4n) is 0.860. The zero-order valence-corrected chi connectivity index (χ0v) is 7.31. The minimum atomic E-state index is 0.531. The molecule has 3 heteroatoms. The number of aryl methyl sites for hydroxylation is 1. The lowest BCUT2D eigenvalue weighted by Gasteiger charge is -1.99. The molecule has 0 amide bonds. The Hall–Kier alpha value is -0.830. The number of nitrogens with zero attached hydrogens (tertiary/aromatic N) is 1. The van der Waals surface area contributed by atoms with Crippen molar-refractivity contribution in [2.24, 2.45) is 5.18 Å². The highest BCUT2D eigenvalue weighted by Gasteiger charge is 1.99. The average molecular weight is 167 g/mol. The number of nitroso groups, excluding NO2 is 1. The van der Waals surface area contributed by atoms with Crippen LogP contribution in [0.2, 0.25) is 0 Å². The fourth-order valence-corrected chi connectivity index (χ4v) is 1.48. The second kappa shape index (κ2) is 3.53. The minimum absolute atomic E-state index is 0.531. The van der Waals surface area contributed by atoms with E-state index in [-0.39, 0.29) is 0 Å². The van der Waals surface area contributed by atoms with E-state index in [2.05, 4.69) is 5.18 Å². The summed E-state index contributed by atoms with van der Waals surface area (Å²) in [6.07, 6.45) is 1.93. The topological polar surface area (TPSA) is 29.4 Å². The third-order valence-electron chi connectivity index (χ3n) is 1.43. The van der Waals surface area contributed by atoms with Crippen LogP contribution in [0.5, 0.6) is 0 Å². The zero-order valence-electron chi connectivity index (χ0n) is 6.50. The van der Waals surface area contributed by atoms with Crippen LogP contribution < -0.4 is 0 Å². The van der Waals surface area contributed by atoms with E-state index in [9.17, 15) is 4.91 Å². The maximum absolute atomic E-state index is 10.2. The van der Waals surface area contributed by atoms with Crippen molar-refractivity contribution < 1.29 is 0 Å². The van der Waals surface area contributed by atoms with Crippen molar-refractivity contribution in [1.29, 1.82) is 0 Å². The van der Waals surface area contributed by atoms with Crippen LogP contribution in [-0.2, 0) is 0 Å². The molecule has 1 aromatic rings. The summed E-state index contributed by atoms with van der Waals surface area (Å²) >= 11 is 1.54. The number of benzene rings is 1. The smallest absolute Gasteiger partial charge is 0.121 e. The van der Waals surface area contributed by atoms with Crippen molar-refractivity contribution >= 4 is 17.4 Å². The van der Waals surface area contributed by atoms with E-state index in [1.165, 1.54) is 0 Å². The van der Waals surface area contributed by atoms with Crippen LogP contribution in [0.4, 0.5) is 5.69 Å². The van der Waals surface area contributed by atoms with Crippen LogP contribution in [0, 0.1) is 11.8 Å². The van der Waals surface area contributed by atoms with Gasteiger partial charge >= 0.3 is 0 Å². The van der Waals surface area contributed by atoms with Gasteiger partial charge in [-0.05, 0) is 36.1 Å². The van der Waals surface area contributed by atoms with Crippen molar-refractivity contribution in [3.8, 4) is 0 Å². The van der Waals surface area contributed by atoms with Gasteiger partial charge in [0.15, 0.2) is 0 Å². The van der Waals surface area contributed by atoms with Crippen molar-refractivity contribution in [3.63, 3.8) is 0 Å². The Morgan fingerprint density at radius 2 is 2.18 bits per heavy atom. The molecule has 0 saturated carbocycles. The highest BCUT2D eigenvalue weighted by atomic mass is 32.2. The first-order valence-corrected chi connectivity index (χ1v) is 4.48. The summed E-state index contributed by atoms with van der Waals surface area (Å²) in [5, 5.41) is 2.91. The molecular weight excluding hydrogens is 158 g/mol. The second-order valence-electron chi connectivity index (χ2n) is 2.27. The Bertz CT molecular complexity index is 273. The standard InChI is InChI=1S/C8H9NOS/c1-6-3-4-7(9-10)8(5-6)11-2/h3-5H,1-2H3. The third kappa shape index (κ3) is 1.80. The zero-order chi connectivity index (χ0) is 8.27. The van der Waals surface area contributed by atoms with Gasteiger partial charge in [0.1, 0.15) is 5.69 Å². The summed E-state index contributed by atoms with van der Waals surface area (Å²) < 4.78 is 0. The Morgan fingerprint density at radius 3 is 2.73 bits per heavy atom. The number of hydrogen-bond acceptors (Lipinski definition) is 3. The van der Waals surface area contributed by atoms with Crippen molar-refractivity contribution in [2.45, 2.75) is 11.8 Å². The molecule has 11 heavy (non-hydrogen) atoms. The molecule has 1 rings (SSSR count). The molecule has 0 radical (unpaired) electrons. The summed E-state index contributed by atoms with van der Waals surface area (Å²) in [6.45, 7) is 1.99. The van der Waals surface area contributed by atoms with Crippen LogP contribution in [0.25, 0.3) is 0 Å². The fraction of sp³-hybridized carbons (Fsp3) is 0.250. The highest BCUT2D eigenvalue weighted by Crippen LogP contribution is 2.28. The SMILES string of the molecule is CSc1cc(C)ccc1N=O. The first-order chi connectivity index (χ1) is 5.27. The molecule has 0 bridgehead atoms. The maximum atomic E-state index is 10.2. The summed E-state index contributed by atoms with van der Waals surface area (Å²) in [4.78, 5) is 11.2. The van der Waals surface area contributed by atoms with E-state index in [1.807, 2.05) is 25.3 Å². The molecule has 2 nitrogen and oxygen atoms in total. The average Bonchev–Trinajstić information content (AvgIpc) is 2.04. The van der Waals surface area contributed by atoms with E-state index in [0.29, 0.717) is 5.69 Å². The minimum Gasteiger partial charge on any atom is -0.145 e. The van der Waals surface area contributed by atoms with Crippen LogP contribution in [0.15, 0.2) is 28.3 Å². The summed E-state index contributed by atoms with van der Waals surface area (Å²) in [5.74, 6) is 0. The third-order valence-corrected chi connectivity index (χ3v) is 2.20. The molecule has 0 heterocycles. The van der Waals surface area contributed by atoms with Gasteiger partial charge in [-0.25, -0.2) is 0 Å². The highest BCUT2D eigenvalue weighted by molar-refractivity contribution is 7.98. The first-order valence-electron chi connectivity index (χ1n) is 3.26. The molecule has 0 aliphatic heterocycles. The van der Waals surface area contributed by atoms with Crippen molar-refractivity contribution in [2.75, 3.05) is 6.26 Å². The molecule has 0 unspecified atom stereocenters. The predicted molar refractivity (Wildman–Crippen MR) is 48.4 cm³/mol. The Kier molecular flexibility index (Phi) is 2.65. The number of thioether (sulfide) groups is 1. The quantitative estimate of drug-likeness (QED) is 0.500. The molecule has 0 saturated heterocycles. The van der Waals surface area contributed by atoms with Crippen molar-refractivity contribution in [3.05, 3.63) is 28.7 Å². The number of rotatable bonds is 2. The van der Waals surface area contributed by atoms with Gasteiger partial charge < -0.3 is 0 Å². The Balaban J connectivity index is 3.16. The van der Waals surface area contributed by atoms with Crippen LogP contribution >= 0.6 is 11.8 Å². The predicted octanol–water partition coefficient (Wildman–Crippen LogP) is 3.11. The van der Waals surface area contributed by atoms with Gasteiger partial charge in [0, 0.05) is 4.90 Å². The lowest BCUT2D eigenvalue weighted by atomic mass is 10.2. The summed E-state index contributed by atoms with van der Waals surface area (Å²) in [5.41, 5.74) is 1.69.